The lowest BCUT2D eigenvalue weighted by Crippen LogP contribution is -2.54. The summed E-state index contributed by atoms with van der Waals surface area (Å²) in [7, 11) is 0. The Hall–Kier alpha value is -1.26. The summed E-state index contributed by atoms with van der Waals surface area (Å²) < 4.78 is 11.3. The number of hydrogen-bond acceptors (Lipinski definition) is 4. The maximum absolute atomic E-state index is 5.77. The van der Waals surface area contributed by atoms with Gasteiger partial charge in [0.1, 0.15) is 0 Å². The highest BCUT2D eigenvalue weighted by atomic mass is 16.5. The molecule has 4 nitrogen and oxygen atoms in total. The zero-order valence-electron chi connectivity index (χ0n) is 9.89. The summed E-state index contributed by atoms with van der Waals surface area (Å²) in [6.45, 7) is 4.42. The fraction of sp³-hybridized carbons (Fsp3) is 0.538. The predicted molar refractivity (Wildman–Crippen MR) is 65.3 cm³/mol. The molecule has 2 aliphatic heterocycles. The average molecular weight is 234 g/mol. The van der Waals surface area contributed by atoms with E-state index in [0.717, 1.165) is 50.8 Å². The molecule has 0 bridgehead atoms. The molecule has 0 amide bonds. The van der Waals surface area contributed by atoms with Gasteiger partial charge in [-0.2, -0.15) is 0 Å². The van der Waals surface area contributed by atoms with E-state index in [1.165, 1.54) is 5.56 Å². The van der Waals surface area contributed by atoms with Crippen LogP contribution in [0.4, 0.5) is 0 Å². The SMILES string of the molecule is NC1CN(Cc2ccc3c(c2)OCCCO3)C1. The van der Waals surface area contributed by atoms with Gasteiger partial charge in [-0.3, -0.25) is 4.90 Å². The van der Waals surface area contributed by atoms with Crippen LogP contribution in [0.25, 0.3) is 0 Å². The van der Waals surface area contributed by atoms with E-state index in [9.17, 15) is 0 Å². The largest absolute Gasteiger partial charge is 0.490 e. The summed E-state index contributed by atoms with van der Waals surface area (Å²) in [5.41, 5.74) is 7.03. The third kappa shape index (κ3) is 2.37. The molecular formula is C13H18N2O2. The second kappa shape index (κ2) is 4.55. The summed E-state index contributed by atoms with van der Waals surface area (Å²) in [5.74, 6) is 1.75. The molecule has 3 rings (SSSR count). The second-order valence-corrected chi connectivity index (χ2v) is 4.79. The first-order valence-electron chi connectivity index (χ1n) is 6.18. The first-order valence-corrected chi connectivity index (χ1v) is 6.18. The molecule has 0 spiro atoms. The molecule has 92 valence electrons. The highest BCUT2D eigenvalue weighted by Gasteiger charge is 2.23. The zero-order chi connectivity index (χ0) is 11.7. The normalized spacial score (nSPS) is 20.8. The Morgan fingerprint density at radius 1 is 1.18 bits per heavy atom. The minimum absolute atomic E-state index is 0.357. The van der Waals surface area contributed by atoms with Crippen LogP contribution in [0.2, 0.25) is 0 Å². The standard InChI is InChI=1S/C13H18N2O2/c14-11-8-15(9-11)7-10-2-3-12-13(6-10)17-5-1-4-16-12/h2-3,6,11H,1,4-5,7-9,14H2. The quantitative estimate of drug-likeness (QED) is 0.829. The first-order chi connectivity index (χ1) is 8.31. The fourth-order valence-electron chi connectivity index (χ4n) is 2.30. The topological polar surface area (TPSA) is 47.7 Å². The van der Waals surface area contributed by atoms with E-state index in [2.05, 4.69) is 17.0 Å². The van der Waals surface area contributed by atoms with Crippen LogP contribution < -0.4 is 15.2 Å². The Balaban J connectivity index is 1.71. The number of rotatable bonds is 2. The molecule has 2 N–H and O–H groups in total. The van der Waals surface area contributed by atoms with Gasteiger partial charge in [0.15, 0.2) is 11.5 Å². The molecule has 0 radical (unpaired) electrons. The van der Waals surface area contributed by atoms with Crippen molar-refractivity contribution in [3.63, 3.8) is 0 Å². The minimum Gasteiger partial charge on any atom is -0.490 e. The molecule has 0 aromatic heterocycles. The Labute approximate surface area is 101 Å². The van der Waals surface area contributed by atoms with Crippen molar-refractivity contribution >= 4 is 0 Å². The maximum atomic E-state index is 5.77. The van der Waals surface area contributed by atoms with Gasteiger partial charge in [-0.05, 0) is 17.7 Å². The van der Waals surface area contributed by atoms with Crippen LogP contribution in [0.1, 0.15) is 12.0 Å². The first kappa shape index (κ1) is 10.9. The molecule has 4 heteroatoms. The highest BCUT2D eigenvalue weighted by molar-refractivity contribution is 5.43. The smallest absolute Gasteiger partial charge is 0.161 e. The maximum Gasteiger partial charge on any atom is 0.161 e. The Kier molecular flexibility index (Phi) is 2.91. The molecule has 0 atom stereocenters. The molecule has 1 saturated heterocycles. The molecule has 0 aliphatic carbocycles. The van der Waals surface area contributed by atoms with E-state index in [-0.39, 0.29) is 0 Å². The molecule has 17 heavy (non-hydrogen) atoms. The van der Waals surface area contributed by atoms with Crippen LogP contribution >= 0.6 is 0 Å². The van der Waals surface area contributed by atoms with Crippen LogP contribution in [0, 0.1) is 0 Å². The van der Waals surface area contributed by atoms with E-state index in [1.54, 1.807) is 0 Å². The van der Waals surface area contributed by atoms with Gasteiger partial charge in [-0.25, -0.2) is 0 Å². The van der Waals surface area contributed by atoms with Gasteiger partial charge in [-0.15, -0.1) is 0 Å². The molecule has 1 aromatic rings. The van der Waals surface area contributed by atoms with Crippen LogP contribution in [-0.2, 0) is 6.54 Å². The van der Waals surface area contributed by atoms with Crippen molar-refractivity contribution in [2.45, 2.75) is 19.0 Å². The fourth-order valence-corrected chi connectivity index (χ4v) is 2.30. The molecule has 0 unspecified atom stereocenters. The van der Waals surface area contributed by atoms with Crippen molar-refractivity contribution in [3.05, 3.63) is 23.8 Å². The second-order valence-electron chi connectivity index (χ2n) is 4.79. The lowest BCUT2D eigenvalue weighted by Gasteiger charge is -2.36. The summed E-state index contributed by atoms with van der Waals surface area (Å²) >= 11 is 0. The number of nitrogens with zero attached hydrogens (tertiary/aromatic N) is 1. The van der Waals surface area contributed by atoms with Crippen LogP contribution in [0.5, 0.6) is 11.5 Å². The monoisotopic (exact) mass is 234 g/mol. The third-order valence-electron chi connectivity index (χ3n) is 3.20. The number of benzene rings is 1. The number of hydrogen-bond donors (Lipinski definition) is 1. The zero-order valence-corrected chi connectivity index (χ0v) is 9.89. The van der Waals surface area contributed by atoms with Crippen molar-refractivity contribution in [1.82, 2.24) is 4.90 Å². The minimum atomic E-state index is 0.357. The molecular weight excluding hydrogens is 216 g/mol. The number of ether oxygens (including phenoxy) is 2. The summed E-state index contributed by atoms with van der Waals surface area (Å²) in [6.07, 6.45) is 0.949. The van der Waals surface area contributed by atoms with Crippen molar-refractivity contribution in [1.29, 1.82) is 0 Å². The van der Waals surface area contributed by atoms with Crippen molar-refractivity contribution in [2.24, 2.45) is 5.73 Å². The van der Waals surface area contributed by atoms with E-state index in [1.807, 2.05) is 6.07 Å². The van der Waals surface area contributed by atoms with Crippen molar-refractivity contribution in [3.8, 4) is 11.5 Å². The summed E-state index contributed by atoms with van der Waals surface area (Å²) in [5, 5.41) is 0. The van der Waals surface area contributed by atoms with E-state index < -0.39 is 0 Å². The highest BCUT2D eigenvalue weighted by Crippen LogP contribution is 2.31. The molecule has 1 fully saturated rings. The Morgan fingerprint density at radius 3 is 2.71 bits per heavy atom. The van der Waals surface area contributed by atoms with Crippen LogP contribution in [0.15, 0.2) is 18.2 Å². The van der Waals surface area contributed by atoms with E-state index in [4.69, 9.17) is 15.2 Å². The lowest BCUT2D eigenvalue weighted by molar-refractivity contribution is 0.142. The van der Waals surface area contributed by atoms with E-state index in [0.29, 0.717) is 6.04 Å². The number of likely N-dealkylation sites (tertiary alicyclic amines) is 1. The molecule has 2 heterocycles. The predicted octanol–water partition coefficient (Wildman–Crippen LogP) is 0.991. The Morgan fingerprint density at radius 2 is 1.94 bits per heavy atom. The van der Waals surface area contributed by atoms with Gasteiger partial charge >= 0.3 is 0 Å². The summed E-state index contributed by atoms with van der Waals surface area (Å²) in [6, 6.07) is 6.56. The number of nitrogens with two attached hydrogens (primary N) is 1. The van der Waals surface area contributed by atoms with Crippen molar-refractivity contribution in [2.75, 3.05) is 26.3 Å². The van der Waals surface area contributed by atoms with Gasteiger partial charge in [0.25, 0.3) is 0 Å². The van der Waals surface area contributed by atoms with Gasteiger partial charge in [0.05, 0.1) is 13.2 Å². The molecule has 2 aliphatic rings. The Bertz CT molecular complexity index is 402. The van der Waals surface area contributed by atoms with Gasteiger partial charge < -0.3 is 15.2 Å². The van der Waals surface area contributed by atoms with Gasteiger partial charge in [0.2, 0.25) is 0 Å². The van der Waals surface area contributed by atoms with Gasteiger partial charge in [-0.1, -0.05) is 6.07 Å². The van der Waals surface area contributed by atoms with Gasteiger partial charge in [0, 0.05) is 32.1 Å². The average Bonchev–Trinajstić information content (AvgIpc) is 2.51. The number of fused-ring (bicyclic) bond motifs is 1. The summed E-state index contributed by atoms with van der Waals surface area (Å²) in [4.78, 5) is 2.34. The van der Waals surface area contributed by atoms with Crippen molar-refractivity contribution < 1.29 is 9.47 Å². The molecule has 1 aromatic carbocycles. The van der Waals surface area contributed by atoms with Crippen LogP contribution in [0.3, 0.4) is 0 Å². The lowest BCUT2D eigenvalue weighted by atomic mass is 10.1. The van der Waals surface area contributed by atoms with Crippen LogP contribution in [-0.4, -0.2) is 37.2 Å². The molecule has 0 saturated carbocycles. The van der Waals surface area contributed by atoms with E-state index >= 15 is 0 Å². The third-order valence-corrected chi connectivity index (χ3v) is 3.20.